The molecule has 0 radical (unpaired) electrons. The van der Waals surface area contributed by atoms with Gasteiger partial charge in [-0.25, -0.2) is 14.4 Å². The van der Waals surface area contributed by atoms with Gasteiger partial charge in [-0.3, -0.25) is 0 Å². The van der Waals surface area contributed by atoms with Crippen molar-refractivity contribution in [3.8, 4) is 0 Å². The topological polar surface area (TPSA) is 53.7 Å². The molecule has 26 heavy (non-hydrogen) atoms. The summed E-state index contributed by atoms with van der Waals surface area (Å²) >= 11 is 0. The van der Waals surface area contributed by atoms with Crippen LogP contribution in [0.3, 0.4) is 0 Å². The van der Waals surface area contributed by atoms with Crippen LogP contribution < -0.4 is 10.6 Å². The van der Waals surface area contributed by atoms with Crippen LogP contribution in [-0.4, -0.2) is 28.4 Å². The standard InChI is InChI=1S/C20H24FN5/c1-3-22-20(23-12-11-16-7-9-17(21)10-8-16)24-13-18-14-26-15(2)5-4-6-19(26)25-18/h4-10,14H,3,11-13H2,1-2H3,(H2,22,23,24). The highest BCUT2D eigenvalue weighted by atomic mass is 19.1. The SMILES string of the molecule is CCNC(=NCc1cn2c(C)cccc2n1)NCCc1ccc(F)cc1. The fraction of sp³-hybridized carbons (Fsp3) is 0.300. The molecule has 3 rings (SSSR count). The summed E-state index contributed by atoms with van der Waals surface area (Å²) in [4.78, 5) is 9.22. The summed E-state index contributed by atoms with van der Waals surface area (Å²) < 4.78 is 15.0. The summed E-state index contributed by atoms with van der Waals surface area (Å²) in [6.07, 6.45) is 2.83. The minimum absolute atomic E-state index is 0.209. The van der Waals surface area contributed by atoms with E-state index in [4.69, 9.17) is 0 Å². The molecule has 2 N–H and O–H groups in total. The average Bonchev–Trinajstić information content (AvgIpc) is 3.06. The zero-order valence-electron chi connectivity index (χ0n) is 15.2. The van der Waals surface area contributed by atoms with Crippen LogP contribution in [0.4, 0.5) is 4.39 Å². The van der Waals surface area contributed by atoms with Crippen LogP contribution in [0.25, 0.3) is 5.65 Å². The van der Waals surface area contributed by atoms with Gasteiger partial charge in [0.15, 0.2) is 5.96 Å². The van der Waals surface area contributed by atoms with E-state index >= 15 is 0 Å². The first-order valence-electron chi connectivity index (χ1n) is 8.86. The first-order chi connectivity index (χ1) is 12.7. The Morgan fingerprint density at radius 3 is 2.69 bits per heavy atom. The number of nitrogens with one attached hydrogen (secondary N) is 2. The largest absolute Gasteiger partial charge is 0.357 e. The molecular weight excluding hydrogens is 329 g/mol. The number of rotatable bonds is 6. The molecule has 5 nitrogen and oxygen atoms in total. The Kier molecular flexibility index (Phi) is 5.84. The smallest absolute Gasteiger partial charge is 0.191 e. The number of aryl methyl sites for hydroxylation is 1. The molecule has 0 saturated heterocycles. The van der Waals surface area contributed by atoms with Gasteiger partial charge < -0.3 is 15.0 Å². The van der Waals surface area contributed by atoms with Gasteiger partial charge in [0.2, 0.25) is 0 Å². The first-order valence-corrected chi connectivity index (χ1v) is 8.86. The number of nitrogens with zero attached hydrogens (tertiary/aromatic N) is 3. The van der Waals surface area contributed by atoms with Crippen molar-refractivity contribution in [1.29, 1.82) is 0 Å². The Labute approximate surface area is 153 Å². The quantitative estimate of drug-likeness (QED) is 0.529. The van der Waals surface area contributed by atoms with E-state index in [0.29, 0.717) is 6.54 Å². The molecular formula is C20H24FN5. The second kappa shape index (κ2) is 8.47. The normalized spacial score (nSPS) is 11.7. The second-order valence-electron chi connectivity index (χ2n) is 6.13. The van der Waals surface area contributed by atoms with Crippen molar-refractivity contribution in [2.24, 2.45) is 4.99 Å². The maximum Gasteiger partial charge on any atom is 0.191 e. The molecule has 0 spiro atoms. The zero-order chi connectivity index (χ0) is 18.4. The highest BCUT2D eigenvalue weighted by Gasteiger charge is 2.04. The number of hydrogen-bond acceptors (Lipinski definition) is 2. The van der Waals surface area contributed by atoms with Crippen molar-refractivity contribution < 1.29 is 4.39 Å². The van der Waals surface area contributed by atoms with Crippen LogP contribution in [0.5, 0.6) is 0 Å². The summed E-state index contributed by atoms with van der Waals surface area (Å²) in [6.45, 7) is 6.11. The van der Waals surface area contributed by atoms with Crippen molar-refractivity contribution in [3.63, 3.8) is 0 Å². The number of guanidine groups is 1. The predicted octanol–water partition coefficient (Wildman–Crippen LogP) is 3.08. The number of pyridine rings is 1. The first kappa shape index (κ1) is 17.9. The molecule has 0 unspecified atom stereocenters. The van der Waals surface area contributed by atoms with Crippen LogP contribution in [0, 0.1) is 12.7 Å². The van der Waals surface area contributed by atoms with Crippen molar-refractivity contribution in [1.82, 2.24) is 20.0 Å². The molecule has 2 heterocycles. The Bertz CT molecular complexity index is 883. The zero-order valence-corrected chi connectivity index (χ0v) is 15.2. The lowest BCUT2D eigenvalue weighted by Gasteiger charge is -2.11. The van der Waals surface area contributed by atoms with E-state index in [-0.39, 0.29) is 5.82 Å². The van der Waals surface area contributed by atoms with Gasteiger partial charge in [0.05, 0.1) is 12.2 Å². The third kappa shape index (κ3) is 4.59. The maximum absolute atomic E-state index is 12.9. The van der Waals surface area contributed by atoms with Crippen LogP contribution in [-0.2, 0) is 13.0 Å². The minimum atomic E-state index is -0.209. The minimum Gasteiger partial charge on any atom is -0.357 e. The number of fused-ring (bicyclic) bond motifs is 1. The van der Waals surface area contributed by atoms with Gasteiger partial charge in [0.1, 0.15) is 11.5 Å². The molecule has 0 bridgehead atoms. The highest BCUT2D eigenvalue weighted by Crippen LogP contribution is 2.09. The number of hydrogen-bond donors (Lipinski definition) is 2. The monoisotopic (exact) mass is 353 g/mol. The Hall–Kier alpha value is -2.89. The number of aliphatic imine (C=N–C) groups is 1. The van der Waals surface area contributed by atoms with Crippen LogP contribution in [0.1, 0.15) is 23.9 Å². The molecule has 0 fully saturated rings. The molecule has 0 amide bonds. The van der Waals surface area contributed by atoms with Crippen molar-refractivity contribution in [2.45, 2.75) is 26.8 Å². The van der Waals surface area contributed by atoms with Crippen LogP contribution >= 0.6 is 0 Å². The van der Waals surface area contributed by atoms with Crippen molar-refractivity contribution >= 4 is 11.6 Å². The van der Waals surface area contributed by atoms with Gasteiger partial charge in [-0.05, 0) is 50.1 Å². The molecule has 0 aliphatic carbocycles. The fourth-order valence-corrected chi connectivity index (χ4v) is 2.75. The summed E-state index contributed by atoms with van der Waals surface area (Å²) in [7, 11) is 0. The lowest BCUT2D eigenvalue weighted by atomic mass is 10.1. The Morgan fingerprint density at radius 1 is 1.15 bits per heavy atom. The molecule has 0 atom stereocenters. The molecule has 1 aromatic carbocycles. The molecule has 3 aromatic rings. The second-order valence-corrected chi connectivity index (χ2v) is 6.13. The van der Waals surface area contributed by atoms with Gasteiger partial charge in [-0.1, -0.05) is 18.2 Å². The molecule has 0 saturated carbocycles. The number of benzene rings is 1. The number of aromatic nitrogens is 2. The van der Waals surface area contributed by atoms with Gasteiger partial charge in [-0.15, -0.1) is 0 Å². The van der Waals surface area contributed by atoms with Crippen LogP contribution in [0.2, 0.25) is 0 Å². The van der Waals surface area contributed by atoms with E-state index < -0.39 is 0 Å². The summed E-state index contributed by atoms with van der Waals surface area (Å²) in [5, 5.41) is 6.55. The lowest BCUT2D eigenvalue weighted by Crippen LogP contribution is -2.38. The van der Waals surface area contributed by atoms with Crippen molar-refractivity contribution in [2.75, 3.05) is 13.1 Å². The van der Waals surface area contributed by atoms with E-state index in [1.807, 2.05) is 25.3 Å². The summed E-state index contributed by atoms with van der Waals surface area (Å²) in [5.41, 5.74) is 4.10. The highest BCUT2D eigenvalue weighted by molar-refractivity contribution is 5.79. The summed E-state index contributed by atoms with van der Waals surface area (Å²) in [5.74, 6) is 0.544. The van der Waals surface area contributed by atoms with E-state index in [0.717, 1.165) is 48.1 Å². The molecule has 2 aromatic heterocycles. The van der Waals surface area contributed by atoms with Crippen LogP contribution in [0.15, 0.2) is 53.7 Å². The lowest BCUT2D eigenvalue weighted by molar-refractivity contribution is 0.626. The van der Waals surface area contributed by atoms with E-state index in [2.05, 4.69) is 38.0 Å². The van der Waals surface area contributed by atoms with Gasteiger partial charge in [0.25, 0.3) is 0 Å². The summed E-state index contributed by atoms with van der Waals surface area (Å²) in [6, 6.07) is 12.6. The van der Waals surface area contributed by atoms with E-state index in [1.54, 1.807) is 12.1 Å². The number of imidazole rings is 1. The predicted molar refractivity (Wildman–Crippen MR) is 103 cm³/mol. The maximum atomic E-state index is 12.9. The van der Waals surface area contributed by atoms with E-state index in [1.165, 1.54) is 12.1 Å². The fourth-order valence-electron chi connectivity index (χ4n) is 2.75. The third-order valence-corrected chi connectivity index (χ3v) is 4.11. The number of halogens is 1. The van der Waals surface area contributed by atoms with E-state index in [9.17, 15) is 4.39 Å². The average molecular weight is 353 g/mol. The molecule has 0 aliphatic heterocycles. The molecule has 6 heteroatoms. The molecule has 0 aliphatic rings. The third-order valence-electron chi connectivity index (χ3n) is 4.11. The Morgan fingerprint density at radius 2 is 1.96 bits per heavy atom. The van der Waals surface area contributed by atoms with Gasteiger partial charge in [-0.2, -0.15) is 0 Å². The van der Waals surface area contributed by atoms with Crippen molar-refractivity contribution in [3.05, 3.63) is 71.4 Å². The Balaban J connectivity index is 1.60. The van der Waals surface area contributed by atoms with Gasteiger partial charge >= 0.3 is 0 Å². The van der Waals surface area contributed by atoms with Gasteiger partial charge in [0, 0.05) is 25.0 Å². The molecule has 136 valence electrons.